The third-order valence-corrected chi connectivity index (χ3v) is 6.10. The molecule has 0 saturated carbocycles. The van der Waals surface area contributed by atoms with Crippen molar-refractivity contribution in [3.63, 3.8) is 0 Å². The van der Waals surface area contributed by atoms with E-state index < -0.39 is 0 Å². The van der Waals surface area contributed by atoms with E-state index in [0.29, 0.717) is 34.5 Å². The lowest BCUT2D eigenvalue weighted by Crippen LogP contribution is -2.22. The number of rotatable bonds is 6. The van der Waals surface area contributed by atoms with Crippen molar-refractivity contribution in [1.29, 1.82) is 5.26 Å². The van der Waals surface area contributed by atoms with Crippen LogP contribution >= 0.6 is 31.9 Å². The van der Waals surface area contributed by atoms with Crippen LogP contribution in [0.2, 0.25) is 0 Å². The fourth-order valence-electron chi connectivity index (χ4n) is 3.29. The van der Waals surface area contributed by atoms with E-state index in [1.54, 1.807) is 18.3 Å². The van der Waals surface area contributed by atoms with Crippen molar-refractivity contribution in [2.75, 3.05) is 0 Å². The van der Waals surface area contributed by atoms with E-state index in [0.717, 1.165) is 20.1 Å². The summed E-state index contributed by atoms with van der Waals surface area (Å²) >= 11 is 6.93. The van der Waals surface area contributed by atoms with Crippen LogP contribution in [0.25, 0.3) is 10.9 Å². The second-order valence-corrected chi connectivity index (χ2v) is 8.92. The molecule has 0 bridgehead atoms. The number of aromatic nitrogens is 2. The fourth-order valence-corrected chi connectivity index (χ4v) is 4.16. The molecule has 1 heterocycles. The molecule has 6 nitrogen and oxygen atoms in total. The molecule has 0 radical (unpaired) electrons. The number of hydrogen-bond donors (Lipinski definition) is 0. The van der Waals surface area contributed by atoms with Crippen LogP contribution in [-0.4, -0.2) is 15.9 Å². The molecule has 0 N–H and O–H groups in total. The number of nitriles is 1. The average molecular weight is 566 g/mol. The highest BCUT2D eigenvalue weighted by atomic mass is 79.9. The summed E-state index contributed by atoms with van der Waals surface area (Å²) < 4.78 is 8.78. The first-order valence-electron chi connectivity index (χ1n) is 10.2. The molecule has 0 amide bonds. The topological polar surface area (TPSA) is 80.3 Å². The molecule has 0 saturated heterocycles. The van der Waals surface area contributed by atoms with E-state index in [1.807, 2.05) is 55.5 Å². The minimum absolute atomic E-state index is 0.218. The van der Waals surface area contributed by atoms with Crippen LogP contribution in [0.4, 0.5) is 0 Å². The molecular formula is C25H18Br2N4O2. The zero-order valence-corrected chi connectivity index (χ0v) is 20.8. The number of nitrogens with zero attached hydrogens (tertiary/aromatic N) is 4. The third-order valence-electron chi connectivity index (χ3n) is 4.99. The van der Waals surface area contributed by atoms with Gasteiger partial charge >= 0.3 is 0 Å². The molecular weight excluding hydrogens is 548 g/mol. The molecule has 4 aromatic rings. The highest BCUT2D eigenvalue weighted by Crippen LogP contribution is 2.27. The first-order chi connectivity index (χ1) is 16.0. The van der Waals surface area contributed by atoms with Crippen molar-refractivity contribution >= 4 is 49.0 Å². The van der Waals surface area contributed by atoms with Crippen molar-refractivity contribution < 1.29 is 4.74 Å². The van der Waals surface area contributed by atoms with Crippen molar-refractivity contribution in [3.05, 3.63) is 102 Å². The van der Waals surface area contributed by atoms with Gasteiger partial charge in [0.1, 0.15) is 18.2 Å². The SMILES string of the molecule is CCc1nc2ccc(Br)cc2c(=O)n1N=Cc1ccc(OCc2ccccc2C#N)c(Br)c1. The number of aryl methyl sites for hydroxylation is 1. The Labute approximate surface area is 207 Å². The molecule has 1 aromatic heterocycles. The predicted molar refractivity (Wildman–Crippen MR) is 136 cm³/mol. The molecule has 164 valence electrons. The molecule has 3 aromatic carbocycles. The average Bonchev–Trinajstić information content (AvgIpc) is 2.83. The summed E-state index contributed by atoms with van der Waals surface area (Å²) in [6.07, 6.45) is 2.19. The van der Waals surface area contributed by atoms with Crippen LogP contribution < -0.4 is 10.3 Å². The number of fused-ring (bicyclic) bond motifs is 1. The Hall–Kier alpha value is -3.28. The summed E-state index contributed by atoms with van der Waals surface area (Å²) in [4.78, 5) is 17.6. The van der Waals surface area contributed by atoms with Crippen LogP contribution in [0.15, 0.2) is 79.5 Å². The van der Waals surface area contributed by atoms with Gasteiger partial charge in [0.05, 0.1) is 33.2 Å². The number of benzene rings is 3. The standard InChI is InChI=1S/C25H18Br2N4O2/c1-2-24-30-22-9-8-19(26)12-20(22)25(32)31(24)29-14-16-7-10-23(21(27)11-16)33-15-18-6-4-3-5-17(18)13-28/h3-12,14H,2,15H2,1H3. The van der Waals surface area contributed by atoms with E-state index >= 15 is 0 Å². The maximum absolute atomic E-state index is 13.0. The summed E-state index contributed by atoms with van der Waals surface area (Å²) in [7, 11) is 0. The normalized spacial score (nSPS) is 11.1. The van der Waals surface area contributed by atoms with Crippen LogP contribution in [0.3, 0.4) is 0 Å². The van der Waals surface area contributed by atoms with Crippen molar-refractivity contribution in [2.24, 2.45) is 5.10 Å². The van der Waals surface area contributed by atoms with Gasteiger partial charge in [0.15, 0.2) is 0 Å². The first kappa shape index (κ1) is 22.9. The molecule has 0 aliphatic heterocycles. The molecule has 0 aliphatic carbocycles. The molecule has 0 spiro atoms. The lowest BCUT2D eigenvalue weighted by atomic mass is 10.1. The summed E-state index contributed by atoms with van der Waals surface area (Å²) in [5, 5.41) is 14.1. The van der Waals surface area contributed by atoms with E-state index in [-0.39, 0.29) is 12.2 Å². The predicted octanol–water partition coefficient (Wildman–Crippen LogP) is 5.82. The second kappa shape index (κ2) is 10.1. The van der Waals surface area contributed by atoms with Gasteiger partial charge in [-0.25, -0.2) is 4.98 Å². The smallest absolute Gasteiger partial charge is 0.282 e. The highest BCUT2D eigenvalue weighted by molar-refractivity contribution is 9.10. The summed E-state index contributed by atoms with van der Waals surface area (Å²) in [6.45, 7) is 2.22. The van der Waals surface area contributed by atoms with Crippen molar-refractivity contribution in [3.8, 4) is 11.8 Å². The summed E-state index contributed by atoms with van der Waals surface area (Å²) in [5.41, 5.74) is 2.62. The maximum Gasteiger partial charge on any atom is 0.282 e. The minimum Gasteiger partial charge on any atom is -0.488 e. The zero-order valence-electron chi connectivity index (χ0n) is 17.6. The Morgan fingerprint density at radius 2 is 1.97 bits per heavy atom. The quantitative estimate of drug-likeness (QED) is 0.276. The van der Waals surface area contributed by atoms with E-state index in [1.165, 1.54) is 4.68 Å². The van der Waals surface area contributed by atoms with Gasteiger partial charge in [-0.15, -0.1) is 0 Å². The zero-order chi connectivity index (χ0) is 23.4. The van der Waals surface area contributed by atoms with Crippen molar-refractivity contribution in [2.45, 2.75) is 20.0 Å². The van der Waals surface area contributed by atoms with Gasteiger partial charge < -0.3 is 4.74 Å². The van der Waals surface area contributed by atoms with Gasteiger partial charge in [0.2, 0.25) is 0 Å². The molecule has 8 heteroatoms. The summed E-state index contributed by atoms with van der Waals surface area (Å²) in [6, 6.07) is 20.5. The Bertz CT molecular complexity index is 1470. The van der Waals surface area contributed by atoms with Crippen molar-refractivity contribution in [1.82, 2.24) is 9.66 Å². The first-order valence-corrected chi connectivity index (χ1v) is 11.7. The molecule has 4 rings (SSSR count). The molecule has 0 atom stereocenters. The monoisotopic (exact) mass is 564 g/mol. The highest BCUT2D eigenvalue weighted by Gasteiger charge is 2.10. The van der Waals surface area contributed by atoms with Crippen LogP contribution in [0.1, 0.15) is 29.4 Å². The van der Waals surface area contributed by atoms with Gasteiger partial charge in [-0.3, -0.25) is 4.79 Å². The minimum atomic E-state index is -0.218. The molecule has 0 fully saturated rings. The van der Waals surface area contributed by atoms with Gasteiger partial charge in [-0.2, -0.15) is 15.0 Å². The van der Waals surface area contributed by atoms with Crippen LogP contribution in [-0.2, 0) is 13.0 Å². The largest absolute Gasteiger partial charge is 0.488 e. The fraction of sp³-hybridized carbons (Fsp3) is 0.120. The Morgan fingerprint density at radius 1 is 1.15 bits per heavy atom. The molecule has 0 unspecified atom stereocenters. The lowest BCUT2D eigenvalue weighted by molar-refractivity contribution is 0.304. The van der Waals surface area contributed by atoms with Gasteiger partial charge in [-0.05, 0) is 64.0 Å². The number of halogens is 2. The molecule has 33 heavy (non-hydrogen) atoms. The third kappa shape index (κ3) is 5.05. The Morgan fingerprint density at radius 3 is 2.73 bits per heavy atom. The summed E-state index contributed by atoms with van der Waals surface area (Å²) in [5.74, 6) is 1.23. The number of hydrogen-bond acceptors (Lipinski definition) is 5. The molecule has 0 aliphatic rings. The number of ether oxygens (including phenoxy) is 1. The van der Waals surface area contributed by atoms with Gasteiger partial charge in [0, 0.05) is 16.5 Å². The lowest BCUT2D eigenvalue weighted by Gasteiger charge is -2.10. The maximum atomic E-state index is 13.0. The van der Waals surface area contributed by atoms with Crippen LogP contribution in [0, 0.1) is 11.3 Å². The van der Waals surface area contributed by atoms with E-state index in [2.05, 4.69) is 48.0 Å². The Balaban J connectivity index is 1.59. The Kier molecular flexibility index (Phi) is 7.02. The van der Waals surface area contributed by atoms with Crippen LogP contribution in [0.5, 0.6) is 5.75 Å². The van der Waals surface area contributed by atoms with Gasteiger partial charge in [0.25, 0.3) is 5.56 Å². The van der Waals surface area contributed by atoms with E-state index in [9.17, 15) is 10.1 Å². The second-order valence-electron chi connectivity index (χ2n) is 7.15. The van der Waals surface area contributed by atoms with E-state index in [4.69, 9.17) is 4.74 Å². The van der Waals surface area contributed by atoms with Gasteiger partial charge in [-0.1, -0.05) is 41.1 Å².